The summed E-state index contributed by atoms with van der Waals surface area (Å²) in [5.74, 6) is 0.501. The van der Waals surface area contributed by atoms with Crippen LogP contribution in [0, 0.1) is 5.92 Å². The van der Waals surface area contributed by atoms with Crippen molar-refractivity contribution in [1.82, 2.24) is 0 Å². The van der Waals surface area contributed by atoms with Gasteiger partial charge in [-0.1, -0.05) is 30.1 Å². The van der Waals surface area contributed by atoms with Crippen molar-refractivity contribution in [3.63, 3.8) is 0 Å². The SMILES string of the molecule is CC1CCN(c2ccc(NC(=O)c3cc(Cl)sc3Cl)cc2)C1. The van der Waals surface area contributed by atoms with E-state index in [4.69, 9.17) is 23.2 Å². The molecule has 1 unspecified atom stereocenters. The van der Waals surface area contributed by atoms with E-state index in [1.165, 1.54) is 23.4 Å². The Bertz CT molecular complexity index is 684. The van der Waals surface area contributed by atoms with Gasteiger partial charge in [-0.05, 0) is 42.7 Å². The average molecular weight is 355 g/mol. The lowest BCUT2D eigenvalue weighted by Gasteiger charge is -2.18. The molecule has 1 N–H and O–H groups in total. The average Bonchev–Trinajstić information content (AvgIpc) is 3.05. The molecular formula is C16H16Cl2N2OS. The van der Waals surface area contributed by atoms with Gasteiger partial charge in [-0.2, -0.15) is 0 Å². The standard InChI is InChI=1S/C16H16Cl2N2OS/c1-10-6-7-20(9-10)12-4-2-11(3-5-12)19-16(21)13-8-14(17)22-15(13)18/h2-5,8,10H,6-7,9H2,1H3,(H,19,21). The van der Waals surface area contributed by atoms with Crippen LogP contribution in [0.4, 0.5) is 11.4 Å². The molecule has 22 heavy (non-hydrogen) atoms. The zero-order chi connectivity index (χ0) is 15.7. The van der Waals surface area contributed by atoms with Crippen LogP contribution in [0.2, 0.25) is 8.67 Å². The van der Waals surface area contributed by atoms with E-state index in [0.29, 0.717) is 14.2 Å². The monoisotopic (exact) mass is 354 g/mol. The number of nitrogens with zero attached hydrogens (tertiary/aromatic N) is 1. The second-order valence-corrected chi connectivity index (χ2v) is 7.86. The normalized spacial score (nSPS) is 17.8. The first kappa shape index (κ1) is 15.7. The van der Waals surface area contributed by atoms with Gasteiger partial charge in [-0.25, -0.2) is 0 Å². The third kappa shape index (κ3) is 3.40. The maximum atomic E-state index is 12.2. The van der Waals surface area contributed by atoms with Crippen molar-refractivity contribution in [3.05, 3.63) is 44.6 Å². The molecular weight excluding hydrogens is 339 g/mol. The van der Waals surface area contributed by atoms with Gasteiger partial charge in [0, 0.05) is 24.5 Å². The zero-order valence-corrected chi connectivity index (χ0v) is 14.4. The van der Waals surface area contributed by atoms with E-state index < -0.39 is 0 Å². The molecule has 1 aromatic heterocycles. The van der Waals surface area contributed by atoms with Crippen LogP contribution in [0.15, 0.2) is 30.3 Å². The smallest absolute Gasteiger partial charge is 0.258 e. The number of thiophene rings is 1. The Hall–Kier alpha value is -1.23. The van der Waals surface area contributed by atoms with Gasteiger partial charge in [-0.15, -0.1) is 11.3 Å². The molecule has 1 saturated heterocycles. The molecule has 1 amide bonds. The predicted molar refractivity (Wildman–Crippen MR) is 94.7 cm³/mol. The first-order chi connectivity index (χ1) is 10.5. The molecule has 0 bridgehead atoms. The summed E-state index contributed by atoms with van der Waals surface area (Å²) in [6.07, 6.45) is 1.23. The van der Waals surface area contributed by atoms with Crippen molar-refractivity contribution in [2.24, 2.45) is 5.92 Å². The Balaban J connectivity index is 1.68. The van der Waals surface area contributed by atoms with Gasteiger partial charge in [-0.3, -0.25) is 4.79 Å². The van der Waals surface area contributed by atoms with Crippen LogP contribution >= 0.6 is 34.5 Å². The number of halogens is 2. The van der Waals surface area contributed by atoms with Crippen molar-refractivity contribution in [1.29, 1.82) is 0 Å². The highest BCUT2D eigenvalue weighted by Crippen LogP contribution is 2.32. The second kappa shape index (κ2) is 6.49. The number of benzene rings is 1. The quantitative estimate of drug-likeness (QED) is 0.825. The number of rotatable bonds is 3. The molecule has 3 nitrogen and oxygen atoms in total. The lowest BCUT2D eigenvalue weighted by atomic mass is 10.2. The molecule has 3 rings (SSSR count). The van der Waals surface area contributed by atoms with Gasteiger partial charge >= 0.3 is 0 Å². The first-order valence-electron chi connectivity index (χ1n) is 7.14. The molecule has 1 aliphatic rings. The van der Waals surface area contributed by atoms with E-state index >= 15 is 0 Å². The Morgan fingerprint density at radius 2 is 2.05 bits per heavy atom. The molecule has 2 aromatic rings. The maximum Gasteiger partial charge on any atom is 0.258 e. The molecule has 1 aliphatic heterocycles. The summed E-state index contributed by atoms with van der Waals surface area (Å²) >= 11 is 13.1. The molecule has 2 heterocycles. The number of nitrogens with one attached hydrogen (secondary N) is 1. The van der Waals surface area contributed by atoms with Crippen LogP contribution in [0.5, 0.6) is 0 Å². The maximum absolute atomic E-state index is 12.2. The van der Waals surface area contributed by atoms with Gasteiger partial charge in [0.2, 0.25) is 0 Å². The Kier molecular flexibility index (Phi) is 4.62. The number of amides is 1. The van der Waals surface area contributed by atoms with Crippen molar-refractivity contribution in [2.45, 2.75) is 13.3 Å². The van der Waals surface area contributed by atoms with E-state index in [-0.39, 0.29) is 5.91 Å². The third-order valence-corrected chi connectivity index (χ3v) is 5.30. The van der Waals surface area contributed by atoms with Gasteiger partial charge in [0.15, 0.2) is 0 Å². The highest BCUT2D eigenvalue weighted by molar-refractivity contribution is 7.20. The number of carbonyl (C=O) groups is 1. The number of anilines is 2. The molecule has 116 valence electrons. The summed E-state index contributed by atoms with van der Waals surface area (Å²) in [7, 11) is 0. The Morgan fingerprint density at radius 1 is 1.32 bits per heavy atom. The topological polar surface area (TPSA) is 32.3 Å². The summed E-state index contributed by atoms with van der Waals surface area (Å²) < 4.78 is 0.916. The summed E-state index contributed by atoms with van der Waals surface area (Å²) in [6, 6.07) is 9.49. The van der Waals surface area contributed by atoms with Crippen molar-refractivity contribution in [3.8, 4) is 0 Å². The van der Waals surface area contributed by atoms with Gasteiger partial charge < -0.3 is 10.2 Å². The molecule has 0 radical (unpaired) electrons. The minimum absolute atomic E-state index is 0.240. The largest absolute Gasteiger partial charge is 0.371 e. The molecule has 0 spiro atoms. The van der Waals surface area contributed by atoms with Crippen LogP contribution in [0.1, 0.15) is 23.7 Å². The Morgan fingerprint density at radius 3 is 2.59 bits per heavy atom. The summed E-state index contributed by atoms with van der Waals surface area (Å²) in [5.41, 5.74) is 2.35. The molecule has 6 heteroatoms. The minimum Gasteiger partial charge on any atom is -0.371 e. The second-order valence-electron chi connectivity index (χ2n) is 5.58. The lowest BCUT2D eigenvalue weighted by molar-refractivity contribution is 0.102. The van der Waals surface area contributed by atoms with Crippen LogP contribution in [0.25, 0.3) is 0 Å². The van der Waals surface area contributed by atoms with E-state index in [1.807, 2.05) is 24.3 Å². The molecule has 0 saturated carbocycles. The summed E-state index contributed by atoms with van der Waals surface area (Å²) in [6.45, 7) is 4.45. The van der Waals surface area contributed by atoms with Crippen LogP contribution in [0.3, 0.4) is 0 Å². The third-order valence-electron chi connectivity index (χ3n) is 3.82. The predicted octanol–water partition coefficient (Wildman–Crippen LogP) is 5.15. The lowest BCUT2D eigenvalue weighted by Crippen LogP contribution is -2.19. The minimum atomic E-state index is -0.240. The fourth-order valence-electron chi connectivity index (χ4n) is 2.62. The molecule has 0 aliphatic carbocycles. The van der Waals surface area contributed by atoms with Crippen molar-refractivity contribution in [2.75, 3.05) is 23.3 Å². The summed E-state index contributed by atoms with van der Waals surface area (Å²) in [4.78, 5) is 14.5. The van der Waals surface area contributed by atoms with Gasteiger partial charge in [0.25, 0.3) is 5.91 Å². The van der Waals surface area contributed by atoms with Crippen molar-refractivity contribution >= 4 is 51.8 Å². The summed E-state index contributed by atoms with van der Waals surface area (Å²) in [5, 5.41) is 2.85. The van der Waals surface area contributed by atoms with Crippen LogP contribution in [-0.2, 0) is 0 Å². The molecule has 1 atom stereocenters. The van der Waals surface area contributed by atoms with Crippen molar-refractivity contribution < 1.29 is 4.79 Å². The number of hydrogen-bond acceptors (Lipinski definition) is 3. The van der Waals surface area contributed by atoms with Gasteiger partial charge in [0.1, 0.15) is 4.34 Å². The highest BCUT2D eigenvalue weighted by Gasteiger charge is 2.19. The molecule has 1 aromatic carbocycles. The van der Waals surface area contributed by atoms with E-state index in [9.17, 15) is 4.79 Å². The molecule has 1 fully saturated rings. The number of carbonyl (C=O) groups excluding carboxylic acids is 1. The fourth-order valence-corrected chi connectivity index (χ4v) is 4.08. The highest BCUT2D eigenvalue weighted by atomic mass is 35.5. The first-order valence-corrected chi connectivity index (χ1v) is 8.71. The number of hydrogen-bond donors (Lipinski definition) is 1. The van der Waals surface area contributed by atoms with E-state index in [1.54, 1.807) is 6.07 Å². The Labute approximate surface area is 143 Å². The van der Waals surface area contributed by atoms with Crippen LogP contribution < -0.4 is 10.2 Å². The van der Waals surface area contributed by atoms with Gasteiger partial charge in [0.05, 0.1) is 9.90 Å². The van der Waals surface area contributed by atoms with E-state index in [2.05, 4.69) is 17.1 Å². The fraction of sp³-hybridized carbons (Fsp3) is 0.312. The van der Waals surface area contributed by atoms with Crippen LogP contribution in [-0.4, -0.2) is 19.0 Å². The van der Waals surface area contributed by atoms with E-state index in [0.717, 1.165) is 24.7 Å². The zero-order valence-electron chi connectivity index (χ0n) is 12.1.